The Morgan fingerprint density at radius 1 is 1.24 bits per heavy atom. The van der Waals surface area contributed by atoms with E-state index in [0.29, 0.717) is 0 Å². The number of benzene rings is 1. The molecule has 0 saturated heterocycles. The van der Waals surface area contributed by atoms with Crippen molar-refractivity contribution in [1.82, 2.24) is 10.3 Å². The second kappa shape index (κ2) is 7.56. The fourth-order valence-corrected chi connectivity index (χ4v) is 1.51. The van der Waals surface area contributed by atoms with Crippen molar-refractivity contribution in [1.29, 1.82) is 0 Å². The van der Waals surface area contributed by atoms with Gasteiger partial charge < -0.3 is 15.2 Å². The van der Waals surface area contributed by atoms with Crippen molar-refractivity contribution in [3.8, 4) is 17.6 Å². The summed E-state index contributed by atoms with van der Waals surface area (Å²) in [6, 6.07) is 12.5. The van der Waals surface area contributed by atoms with Gasteiger partial charge in [-0.2, -0.15) is 0 Å². The maximum atomic E-state index is 11.4. The zero-order chi connectivity index (χ0) is 14.9. The zero-order valence-corrected chi connectivity index (χ0v) is 11.2. The minimum Gasteiger partial charge on any atom is -0.505 e. The lowest BCUT2D eigenvalue weighted by atomic mass is 10.2. The molecule has 2 rings (SSSR count). The third-order valence-electron chi connectivity index (χ3n) is 2.53. The Kier molecular flexibility index (Phi) is 5.18. The summed E-state index contributed by atoms with van der Waals surface area (Å²) in [5, 5.41) is 12.0. The van der Waals surface area contributed by atoms with Crippen molar-refractivity contribution < 1.29 is 14.6 Å². The Balaban J connectivity index is 1.74. The third-order valence-corrected chi connectivity index (χ3v) is 2.53. The lowest BCUT2D eigenvalue weighted by molar-refractivity contribution is 0.141. The van der Waals surface area contributed by atoms with E-state index >= 15 is 0 Å². The first-order valence-corrected chi connectivity index (χ1v) is 6.33. The molecule has 2 N–H and O–H groups in total. The van der Waals surface area contributed by atoms with Crippen LogP contribution in [0.25, 0.3) is 0 Å². The molecule has 0 unspecified atom stereocenters. The molecule has 0 aliphatic heterocycles. The van der Waals surface area contributed by atoms with Gasteiger partial charge in [0, 0.05) is 6.20 Å². The normalized spacial score (nSPS) is 9.33. The van der Waals surface area contributed by atoms with Gasteiger partial charge in [-0.25, -0.2) is 9.78 Å². The maximum absolute atomic E-state index is 11.4. The average Bonchev–Trinajstić information content (AvgIpc) is 2.52. The molecule has 5 nitrogen and oxygen atoms in total. The molecule has 0 spiro atoms. The van der Waals surface area contributed by atoms with E-state index in [0.717, 1.165) is 5.56 Å². The van der Waals surface area contributed by atoms with E-state index in [1.54, 1.807) is 6.07 Å². The maximum Gasteiger partial charge on any atom is 0.408 e. The number of hydrogen-bond acceptors (Lipinski definition) is 4. The predicted octanol–water partition coefficient (Wildman–Crippen LogP) is 2.07. The van der Waals surface area contributed by atoms with Crippen LogP contribution in [0.4, 0.5) is 4.79 Å². The number of alkyl carbamates (subject to hydrolysis) is 1. The lowest BCUT2D eigenvalue weighted by Gasteiger charge is -2.04. The van der Waals surface area contributed by atoms with Gasteiger partial charge in [0.15, 0.2) is 5.69 Å². The van der Waals surface area contributed by atoms with E-state index in [9.17, 15) is 9.90 Å². The first-order valence-electron chi connectivity index (χ1n) is 6.33. The van der Waals surface area contributed by atoms with E-state index in [1.165, 1.54) is 12.3 Å². The summed E-state index contributed by atoms with van der Waals surface area (Å²) in [6.07, 6.45) is 0.990. The molecule has 1 aromatic heterocycles. The number of rotatable bonds is 3. The number of nitrogens with zero attached hydrogens (tertiary/aromatic N) is 1. The quantitative estimate of drug-likeness (QED) is 0.845. The van der Waals surface area contributed by atoms with Gasteiger partial charge in [-0.15, -0.1) is 0 Å². The Hall–Kier alpha value is -3.00. The van der Waals surface area contributed by atoms with Gasteiger partial charge in [0.05, 0.1) is 6.54 Å². The number of carbonyl (C=O) groups is 1. The molecule has 0 atom stereocenters. The Bertz CT molecular complexity index is 660. The van der Waals surface area contributed by atoms with Gasteiger partial charge in [0.25, 0.3) is 0 Å². The highest BCUT2D eigenvalue weighted by Gasteiger charge is 2.00. The van der Waals surface area contributed by atoms with Gasteiger partial charge in [0.1, 0.15) is 12.4 Å². The Morgan fingerprint density at radius 2 is 2.05 bits per heavy atom. The summed E-state index contributed by atoms with van der Waals surface area (Å²) in [5.74, 6) is 5.36. The molecule has 0 bridgehead atoms. The van der Waals surface area contributed by atoms with Gasteiger partial charge in [-0.3, -0.25) is 0 Å². The van der Waals surface area contributed by atoms with Gasteiger partial charge in [-0.05, 0) is 23.6 Å². The Labute approximate surface area is 122 Å². The lowest BCUT2D eigenvalue weighted by Crippen LogP contribution is -2.24. The SMILES string of the molecule is O=C(NCC#Cc1ncccc1O)OCc1ccccc1. The number of ether oxygens (including phenoxy) is 1. The molecule has 2 aromatic rings. The number of hydrogen-bond donors (Lipinski definition) is 2. The fraction of sp³-hybridized carbons (Fsp3) is 0.125. The third kappa shape index (κ3) is 4.88. The molecule has 21 heavy (non-hydrogen) atoms. The topological polar surface area (TPSA) is 71.5 Å². The molecule has 0 fully saturated rings. The molecule has 5 heteroatoms. The molecule has 1 heterocycles. The molecule has 0 aliphatic rings. The van der Waals surface area contributed by atoms with Crippen LogP contribution in [-0.4, -0.2) is 22.7 Å². The second-order valence-corrected chi connectivity index (χ2v) is 4.09. The average molecular weight is 282 g/mol. The summed E-state index contributed by atoms with van der Waals surface area (Å²) in [5.41, 5.74) is 1.19. The summed E-state index contributed by atoms with van der Waals surface area (Å²) >= 11 is 0. The fourth-order valence-electron chi connectivity index (χ4n) is 1.51. The van der Waals surface area contributed by atoms with E-state index in [1.807, 2.05) is 30.3 Å². The van der Waals surface area contributed by atoms with E-state index in [2.05, 4.69) is 22.1 Å². The van der Waals surface area contributed by atoms with Crippen molar-refractivity contribution in [3.05, 3.63) is 59.9 Å². The molecule has 1 amide bonds. The van der Waals surface area contributed by atoms with Crippen LogP contribution >= 0.6 is 0 Å². The first-order chi connectivity index (χ1) is 10.3. The Morgan fingerprint density at radius 3 is 2.81 bits per heavy atom. The van der Waals surface area contributed by atoms with Crippen molar-refractivity contribution in [2.45, 2.75) is 6.61 Å². The predicted molar refractivity (Wildman–Crippen MR) is 77.4 cm³/mol. The number of carbonyl (C=O) groups excluding carboxylic acids is 1. The van der Waals surface area contributed by atoms with Gasteiger partial charge in [0.2, 0.25) is 0 Å². The van der Waals surface area contributed by atoms with E-state index < -0.39 is 6.09 Å². The van der Waals surface area contributed by atoms with E-state index in [4.69, 9.17) is 4.74 Å². The van der Waals surface area contributed by atoms with Crippen LogP contribution < -0.4 is 5.32 Å². The second-order valence-electron chi connectivity index (χ2n) is 4.09. The summed E-state index contributed by atoms with van der Waals surface area (Å²) in [4.78, 5) is 15.3. The molecule has 0 saturated carbocycles. The summed E-state index contributed by atoms with van der Waals surface area (Å²) in [6.45, 7) is 0.324. The molecular weight excluding hydrogens is 268 g/mol. The van der Waals surface area contributed by atoms with Crippen LogP contribution in [0.2, 0.25) is 0 Å². The number of pyridine rings is 1. The van der Waals surface area contributed by atoms with Crippen LogP contribution in [-0.2, 0) is 11.3 Å². The minimum absolute atomic E-state index is 0.0108. The number of aromatic nitrogens is 1. The molecular formula is C16H14N2O3. The van der Waals surface area contributed by atoms with Gasteiger partial charge >= 0.3 is 6.09 Å². The zero-order valence-electron chi connectivity index (χ0n) is 11.2. The smallest absolute Gasteiger partial charge is 0.408 e. The van der Waals surface area contributed by atoms with Crippen LogP contribution in [0.15, 0.2) is 48.7 Å². The van der Waals surface area contributed by atoms with Crippen LogP contribution in [0.3, 0.4) is 0 Å². The number of amides is 1. The van der Waals surface area contributed by atoms with Crippen molar-refractivity contribution >= 4 is 6.09 Å². The van der Waals surface area contributed by atoms with Crippen LogP contribution in [0.5, 0.6) is 5.75 Å². The summed E-state index contributed by atoms with van der Waals surface area (Å²) in [7, 11) is 0. The van der Waals surface area contributed by atoms with Crippen LogP contribution in [0.1, 0.15) is 11.3 Å². The highest BCUT2D eigenvalue weighted by molar-refractivity contribution is 5.67. The highest BCUT2D eigenvalue weighted by atomic mass is 16.5. The minimum atomic E-state index is -0.543. The molecule has 0 radical (unpaired) electrons. The monoisotopic (exact) mass is 282 g/mol. The molecule has 106 valence electrons. The highest BCUT2D eigenvalue weighted by Crippen LogP contribution is 2.09. The standard InChI is InChI=1S/C16H14N2O3/c19-15-9-5-10-17-14(15)8-4-11-18-16(20)21-12-13-6-2-1-3-7-13/h1-3,5-7,9-10,19H,11-12H2,(H,18,20). The largest absolute Gasteiger partial charge is 0.505 e. The van der Waals surface area contributed by atoms with E-state index in [-0.39, 0.29) is 24.6 Å². The molecule has 0 aliphatic carbocycles. The van der Waals surface area contributed by atoms with Crippen molar-refractivity contribution in [3.63, 3.8) is 0 Å². The van der Waals surface area contributed by atoms with Gasteiger partial charge in [-0.1, -0.05) is 36.3 Å². The summed E-state index contributed by atoms with van der Waals surface area (Å²) < 4.78 is 5.02. The van der Waals surface area contributed by atoms with Crippen molar-refractivity contribution in [2.75, 3.05) is 6.54 Å². The first kappa shape index (κ1) is 14.4. The number of aromatic hydroxyl groups is 1. The number of nitrogens with one attached hydrogen (secondary N) is 1. The van der Waals surface area contributed by atoms with Crippen LogP contribution in [0, 0.1) is 11.8 Å². The van der Waals surface area contributed by atoms with Crippen molar-refractivity contribution in [2.24, 2.45) is 0 Å². The molecule has 1 aromatic carbocycles.